The molecule has 0 aromatic heterocycles. The lowest BCUT2D eigenvalue weighted by atomic mass is 10.2. The van der Waals surface area contributed by atoms with Gasteiger partial charge in [-0.2, -0.15) is 13.5 Å². The minimum Gasteiger partial charge on any atom is -0.379 e. The molecule has 0 aliphatic carbocycles. The van der Waals surface area contributed by atoms with E-state index < -0.39 is 16.0 Å². The van der Waals surface area contributed by atoms with E-state index in [2.05, 4.69) is 10.5 Å². The number of amides is 1. The maximum Gasteiger partial charge on any atom is 0.339 e. The van der Waals surface area contributed by atoms with Gasteiger partial charge in [0.15, 0.2) is 0 Å². The summed E-state index contributed by atoms with van der Waals surface area (Å²) in [7, 11) is -3.90. The number of nitrogens with one attached hydrogen (secondary N) is 1. The maximum absolute atomic E-state index is 12.2. The summed E-state index contributed by atoms with van der Waals surface area (Å²) in [6, 6.07) is 18.5. The Balaban J connectivity index is 1.61. The smallest absolute Gasteiger partial charge is 0.339 e. The molecule has 1 amide bonds. The Bertz CT molecular complexity index is 1150. The number of hydrogen-bond donors (Lipinski definition) is 1. The summed E-state index contributed by atoms with van der Waals surface area (Å²) in [5.74, 6) is -0.292. The van der Waals surface area contributed by atoms with Gasteiger partial charge >= 0.3 is 10.1 Å². The first-order valence-electron chi connectivity index (χ1n) is 8.23. The Labute approximate surface area is 177 Å². The van der Waals surface area contributed by atoms with Crippen molar-refractivity contribution in [3.63, 3.8) is 0 Å². The van der Waals surface area contributed by atoms with Crippen LogP contribution < -0.4 is 9.61 Å². The third kappa shape index (κ3) is 5.57. The Kier molecular flexibility index (Phi) is 6.53. The number of hydrazone groups is 1. The highest BCUT2D eigenvalue weighted by Crippen LogP contribution is 2.22. The fourth-order valence-corrected chi connectivity index (χ4v) is 3.49. The minimum atomic E-state index is -3.90. The summed E-state index contributed by atoms with van der Waals surface area (Å²) in [5, 5.41) is 4.48. The van der Waals surface area contributed by atoms with Crippen molar-refractivity contribution in [1.29, 1.82) is 0 Å². The fourth-order valence-electron chi connectivity index (χ4n) is 2.24. The monoisotopic (exact) mass is 448 g/mol. The molecule has 0 aliphatic heterocycles. The normalized spacial score (nSPS) is 11.4. The van der Waals surface area contributed by atoms with Crippen LogP contribution in [0.1, 0.15) is 15.9 Å². The third-order valence-electron chi connectivity index (χ3n) is 3.68. The van der Waals surface area contributed by atoms with E-state index in [0.29, 0.717) is 16.1 Å². The highest BCUT2D eigenvalue weighted by Gasteiger charge is 2.15. The van der Waals surface area contributed by atoms with Gasteiger partial charge in [0.25, 0.3) is 5.91 Å². The molecule has 1 N–H and O–H groups in total. The molecule has 3 aromatic rings. The van der Waals surface area contributed by atoms with E-state index in [1.165, 1.54) is 48.7 Å². The van der Waals surface area contributed by atoms with E-state index >= 15 is 0 Å². The lowest BCUT2D eigenvalue weighted by Crippen LogP contribution is -2.17. The molecular formula is C20H14Cl2N2O4S. The van der Waals surface area contributed by atoms with Crippen molar-refractivity contribution in [2.24, 2.45) is 5.10 Å². The van der Waals surface area contributed by atoms with E-state index in [0.717, 1.165) is 0 Å². The van der Waals surface area contributed by atoms with Gasteiger partial charge in [0, 0.05) is 5.56 Å². The minimum absolute atomic E-state index is 0.0654. The van der Waals surface area contributed by atoms with Crippen LogP contribution in [0.5, 0.6) is 5.75 Å². The Hall–Kier alpha value is -2.87. The van der Waals surface area contributed by atoms with Crippen LogP contribution in [-0.2, 0) is 10.1 Å². The van der Waals surface area contributed by atoms with Crippen LogP contribution >= 0.6 is 23.2 Å². The molecule has 6 nitrogen and oxygen atoms in total. The van der Waals surface area contributed by atoms with Crippen molar-refractivity contribution in [3.05, 3.63) is 94.0 Å². The van der Waals surface area contributed by atoms with E-state index in [-0.39, 0.29) is 15.7 Å². The van der Waals surface area contributed by atoms with Crippen LogP contribution in [0.2, 0.25) is 10.0 Å². The van der Waals surface area contributed by atoms with Crippen LogP contribution in [0.25, 0.3) is 0 Å². The van der Waals surface area contributed by atoms with Gasteiger partial charge in [0.05, 0.1) is 16.3 Å². The van der Waals surface area contributed by atoms with Crippen molar-refractivity contribution in [1.82, 2.24) is 5.43 Å². The van der Waals surface area contributed by atoms with Crippen molar-refractivity contribution in [2.75, 3.05) is 0 Å². The number of halogens is 2. The molecule has 0 bridgehead atoms. The fraction of sp³-hybridized carbons (Fsp3) is 0. The summed E-state index contributed by atoms with van der Waals surface area (Å²) in [4.78, 5) is 12.1. The molecular weight excluding hydrogens is 435 g/mol. The van der Waals surface area contributed by atoms with Crippen molar-refractivity contribution in [3.8, 4) is 5.75 Å². The van der Waals surface area contributed by atoms with Crippen LogP contribution in [-0.4, -0.2) is 20.5 Å². The summed E-state index contributed by atoms with van der Waals surface area (Å²) >= 11 is 11.7. The quantitative estimate of drug-likeness (QED) is 0.341. The second-order valence-corrected chi connectivity index (χ2v) is 8.11. The average Bonchev–Trinajstić information content (AvgIpc) is 2.71. The molecule has 0 spiro atoms. The van der Waals surface area contributed by atoms with Crippen LogP contribution in [0.15, 0.2) is 82.8 Å². The van der Waals surface area contributed by atoms with Gasteiger partial charge in [-0.15, -0.1) is 0 Å². The number of rotatable bonds is 6. The first kappa shape index (κ1) is 20.9. The Morgan fingerprint density at radius 2 is 1.62 bits per heavy atom. The number of carbonyl (C=O) groups excluding carboxylic acids is 1. The van der Waals surface area contributed by atoms with Gasteiger partial charge in [0.1, 0.15) is 10.6 Å². The topological polar surface area (TPSA) is 84.8 Å². The molecule has 0 saturated heterocycles. The zero-order chi connectivity index (χ0) is 20.9. The molecule has 3 aromatic carbocycles. The SMILES string of the molecule is O=C(N/N=C\c1ccc(OS(=O)(=O)c2ccccc2)cc1)c1ccc(Cl)c(Cl)c1. The molecule has 29 heavy (non-hydrogen) atoms. The van der Waals surface area contributed by atoms with Gasteiger partial charge in [-0.1, -0.05) is 41.4 Å². The zero-order valence-corrected chi connectivity index (χ0v) is 17.1. The highest BCUT2D eigenvalue weighted by molar-refractivity contribution is 7.87. The summed E-state index contributed by atoms with van der Waals surface area (Å²) in [6.07, 6.45) is 1.41. The van der Waals surface area contributed by atoms with Crippen molar-refractivity contribution >= 4 is 45.4 Å². The van der Waals surface area contributed by atoms with Gasteiger partial charge in [-0.05, 0) is 60.2 Å². The van der Waals surface area contributed by atoms with Gasteiger partial charge < -0.3 is 4.18 Å². The molecule has 0 saturated carbocycles. The summed E-state index contributed by atoms with van der Waals surface area (Å²) in [5.41, 5.74) is 3.31. The first-order chi connectivity index (χ1) is 13.8. The van der Waals surface area contributed by atoms with Crippen molar-refractivity contribution in [2.45, 2.75) is 4.90 Å². The molecule has 3 rings (SSSR count). The lowest BCUT2D eigenvalue weighted by molar-refractivity contribution is 0.0955. The molecule has 148 valence electrons. The second kappa shape index (κ2) is 9.09. The molecule has 0 radical (unpaired) electrons. The third-order valence-corrected chi connectivity index (χ3v) is 5.68. The molecule has 0 unspecified atom stereocenters. The lowest BCUT2D eigenvalue weighted by Gasteiger charge is -2.07. The van der Waals surface area contributed by atoms with E-state index in [9.17, 15) is 13.2 Å². The predicted molar refractivity (Wildman–Crippen MR) is 112 cm³/mol. The van der Waals surface area contributed by atoms with Crippen LogP contribution in [0.4, 0.5) is 0 Å². The largest absolute Gasteiger partial charge is 0.379 e. The Morgan fingerprint density at radius 1 is 0.931 bits per heavy atom. The zero-order valence-electron chi connectivity index (χ0n) is 14.7. The summed E-state index contributed by atoms with van der Waals surface area (Å²) < 4.78 is 29.5. The van der Waals surface area contributed by atoms with Gasteiger partial charge in [0.2, 0.25) is 0 Å². The van der Waals surface area contributed by atoms with E-state index in [4.69, 9.17) is 27.4 Å². The average molecular weight is 449 g/mol. The van der Waals surface area contributed by atoms with Crippen LogP contribution in [0.3, 0.4) is 0 Å². The Morgan fingerprint density at radius 3 is 2.28 bits per heavy atom. The number of carbonyl (C=O) groups is 1. The van der Waals surface area contributed by atoms with Crippen molar-refractivity contribution < 1.29 is 17.4 Å². The number of benzene rings is 3. The molecule has 0 heterocycles. The van der Waals surface area contributed by atoms with Crippen LogP contribution in [0, 0.1) is 0 Å². The highest BCUT2D eigenvalue weighted by atomic mass is 35.5. The standard InChI is InChI=1S/C20H14Cl2N2O4S/c21-18-11-8-15(12-19(18)22)20(25)24-23-13-14-6-9-16(10-7-14)28-29(26,27)17-4-2-1-3-5-17/h1-13H,(H,24,25)/b23-13-. The molecule has 0 aliphatic rings. The number of nitrogens with zero attached hydrogens (tertiary/aromatic N) is 1. The van der Waals surface area contributed by atoms with E-state index in [1.54, 1.807) is 30.3 Å². The first-order valence-corrected chi connectivity index (χ1v) is 10.4. The predicted octanol–water partition coefficient (Wildman–Crippen LogP) is 4.53. The van der Waals surface area contributed by atoms with E-state index in [1.807, 2.05) is 0 Å². The maximum atomic E-state index is 12.2. The summed E-state index contributed by atoms with van der Waals surface area (Å²) in [6.45, 7) is 0. The molecule has 0 fully saturated rings. The molecule has 9 heteroatoms. The number of hydrogen-bond acceptors (Lipinski definition) is 5. The second-order valence-electron chi connectivity index (χ2n) is 5.75. The van der Waals surface area contributed by atoms with Gasteiger partial charge in [-0.25, -0.2) is 5.43 Å². The molecule has 0 atom stereocenters. The van der Waals surface area contributed by atoms with Gasteiger partial charge in [-0.3, -0.25) is 4.79 Å².